The van der Waals surface area contributed by atoms with Crippen LogP contribution >= 0.6 is 0 Å². The quantitative estimate of drug-likeness (QED) is 0.228. The van der Waals surface area contributed by atoms with Crippen LogP contribution in [0.1, 0.15) is 23.5 Å². The lowest BCUT2D eigenvalue weighted by atomic mass is 9.80. The number of hydrogen-bond donors (Lipinski definition) is 0. The molecule has 1 heterocycles. The molecule has 0 radical (unpaired) electrons. The van der Waals surface area contributed by atoms with Gasteiger partial charge in [-0.15, -0.1) is 0 Å². The minimum absolute atomic E-state index is 0.272. The normalized spacial score (nSPS) is 16.3. The number of rotatable bonds is 2. The zero-order valence-electron chi connectivity index (χ0n) is 20.3. The molecule has 1 aliphatic carbocycles. The van der Waals surface area contributed by atoms with E-state index in [0.717, 1.165) is 17.9 Å². The fourth-order valence-electron chi connectivity index (χ4n) is 6.36. The first-order chi connectivity index (χ1) is 18.3. The number of hydrogen-bond acceptors (Lipinski definition) is 1. The zero-order chi connectivity index (χ0) is 24.3. The first-order valence-corrected chi connectivity index (χ1v) is 13.0. The molecule has 8 rings (SSSR count). The second kappa shape index (κ2) is 7.94. The van der Waals surface area contributed by atoms with Gasteiger partial charge in [-0.05, 0) is 79.2 Å². The molecule has 0 saturated carbocycles. The van der Waals surface area contributed by atoms with Crippen molar-refractivity contribution in [3.05, 3.63) is 144 Å². The lowest BCUT2D eigenvalue weighted by Gasteiger charge is -2.23. The van der Waals surface area contributed by atoms with E-state index in [1.54, 1.807) is 0 Å². The minimum atomic E-state index is 0.272. The van der Waals surface area contributed by atoms with Gasteiger partial charge in [0.05, 0.1) is 0 Å². The molecule has 0 N–H and O–H groups in total. The minimum Gasteiger partial charge on any atom is -0.461 e. The van der Waals surface area contributed by atoms with Crippen LogP contribution in [0.4, 0.5) is 0 Å². The molecule has 0 saturated heterocycles. The molecule has 0 amide bonds. The summed E-state index contributed by atoms with van der Waals surface area (Å²) in [5.74, 6) is 2.33. The van der Waals surface area contributed by atoms with Gasteiger partial charge in [-0.2, -0.15) is 0 Å². The number of fused-ring (bicyclic) bond motifs is 6. The van der Waals surface area contributed by atoms with E-state index in [9.17, 15) is 0 Å². The summed E-state index contributed by atoms with van der Waals surface area (Å²) in [4.78, 5) is 0. The summed E-state index contributed by atoms with van der Waals surface area (Å²) in [5, 5.41) is 7.74. The molecule has 6 aromatic carbocycles. The molecule has 0 fully saturated rings. The number of benzene rings is 6. The standard InChI is InChI=1S/C36H24O/c1-2-10-24-21-25(18-17-23(24)9-1)35-28-12-3-5-14-30(28)36(31-15-6-4-13-29(31)35)26-19-20-34-32(22-26)27-11-7-8-16-33(27)37-34/h1-21,32H,22H2. The average molecular weight is 473 g/mol. The van der Waals surface area contributed by atoms with E-state index in [2.05, 4.69) is 127 Å². The highest BCUT2D eigenvalue weighted by molar-refractivity contribution is 6.19. The lowest BCUT2D eigenvalue weighted by molar-refractivity contribution is 0.426. The Morgan fingerprint density at radius 3 is 1.92 bits per heavy atom. The van der Waals surface area contributed by atoms with Gasteiger partial charge in [0, 0.05) is 11.5 Å². The van der Waals surface area contributed by atoms with E-state index < -0.39 is 0 Å². The average Bonchev–Trinajstić information content (AvgIpc) is 3.33. The van der Waals surface area contributed by atoms with Crippen molar-refractivity contribution in [3.8, 4) is 16.9 Å². The molecular formula is C36H24O. The highest BCUT2D eigenvalue weighted by atomic mass is 16.5. The molecule has 0 spiro atoms. The third-order valence-corrected chi connectivity index (χ3v) is 8.03. The van der Waals surface area contributed by atoms with Gasteiger partial charge in [-0.25, -0.2) is 0 Å². The van der Waals surface area contributed by atoms with E-state index in [-0.39, 0.29) is 5.92 Å². The maximum absolute atomic E-state index is 6.20. The van der Waals surface area contributed by atoms with Crippen LogP contribution in [0.5, 0.6) is 5.75 Å². The van der Waals surface area contributed by atoms with E-state index >= 15 is 0 Å². The maximum Gasteiger partial charge on any atom is 0.130 e. The van der Waals surface area contributed by atoms with Gasteiger partial charge in [-0.3, -0.25) is 0 Å². The molecule has 2 aliphatic rings. The van der Waals surface area contributed by atoms with Gasteiger partial charge in [0.25, 0.3) is 0 Å². The lowest BCUT2D eigenvalue weighted by Crippen LogP contribution is -2.05. The van der Waals surface area contributed by atoms with Crippen molar-refractivity contribution in [3.63, 3.8) is 0 Å². The number of allylic oxidation sites excluding steroid dienone is 4. The van der Waals surface area contributed by atoms with Crippen LogP contribution in [-0.2, 0) is 0 Å². The van der Waals surface area contributed by atoms with Crippen LogP contribution in [0, 0.1) is 0 Å². The fourth-order valence-corrected chi connectivity index (χ4v) is 6.36. The summed E-state index contributed by atoms with van der Waals surface area (Å²) >= 11 is 0. The van der Waals surface area contributed by atoms with Crippen molar-refractivity contribution in [2.75, 3.05) is 0 Å². The second-order valence-electron chi connectivity index (χ2n) is 10.1. The summed E-state index contributed by atoms with van der Waals surface area (Å²) in [7, 11) is 0. The van der Waals surface area contributed by atoms with Gasteiger partial charge in [0.1, 0.15) is 11.5 Å². The second-order valence-corrected chi connectivity index (χ2v) is 10.1. The molecule has 37 heavy (non-hydrogen) atoms. The van der Waals surface area contributed by atoms with Crippen molar-refractivity contribution in [2.45, 2.75) is 12.3 Å². The molecule has 1 heteroatoms. The van der Waals surface area contributed by atoms with Gasteiger partial charge >= 0.3 is 0 Å². The Kier molecular flexibility index (Phi) is 4.41. The third kappa shape index (κ3) is 3.11. The molecule has 1 nitrogen and oxygen atoms in total. The summed E-state index contributed by atoms with van der Waals surface area (Å²) in [6.07, 6.45) is 5.40. The van der Waals surface area contributed by atoms with E-state index in [4.69, 9.17) is 4.74 Å². The van der Waals surface area contributed by atoms with Gasteiger partial charge in [-0.1, -0.05) is 109 Å². The Hall–Kier alpha value is -4.62. The largest absolute Gasteiger partial charge is 0.461 e. The van der Waals surface area contributed by atoms with Gasteiger partial charge in [0.15, 0.2) is 0 Å². The molecule has 0 bridgehead atoms. The van der Waals surface area contributed by atoms with E-state index in [1.165, 1.54) is 60.1 Å². The molecule has 1 atom stereocenters. The van der Waals surface area contributed by atoms with Crippen LogP contribution in [0.15, 0.2) is 133 Å². The SMILES string of the molecule is C1=C(c2c3ccccc3c(-c3ccc4ccccc4c3)c3ccccc23)CC2C(=C1)Oc1ccccc12. The Labute approximate surface area is 216 Å². The topological polar surface area (TPSA) is 9.23 Å². The Morgan fingerprint density at radius 2 is 1.16 bits per heavy atom. The first kappa shape index (κ1) is 20.6. The zero-order valence-corrected chi connectivity index (χ0v) is 20.3. The third-order valence-electron chi connectivity index (χ3n) is 8.03. The Bertz CT molecular complexity index is 1880. The van der Waals surface area contributed by atoms with Gasteiger partial charge in [0.2, 0.25) is 0 Å². The highest BCUT2D eigenvalue weighted by Crippen LogP contribution is 2.50. The Morgan fingerprint density at radius 1 is 0.541 bits per heavy atom. The molecule has 0 aromatic heterocycles. The van der Waals surface area contributed by atoms with Crippen molar-refractivity contribution in [1.29, 1.82) is 0 Å². The van der Waals surface area contributed by atoms with Crippen molar-refractivity contribution < 1.29 is 4.74 Å². The van der Waals surface area contributed by atoms with Crippen LogP contribution in [-0.4, -0.2) is 0 Å². The molecule has 6 aromatic rings. The summed E-state index contributed by atoms with van der Waals surface area (Å²) < 4.78 is 6.20. The van der Waals surface area contributed by atoms with Crippen LogP contribution in [0.3, 0.4) is 0 Å². The summed E-state index contributed by atoms with van der Waals surface area (Å²) in [5.41, 5.74) is 6.57. The Balaban J connectivity index is 1.39. The van der Waals surface area contributed by atoms with E-state index in [0.29, 0.717) is 0 Å². The predicted octanol–water partition coefficient (Wildman–Crippen LogP) is 9.66. The molecule has 1 unspecified atom stereocenters. The van der Waals surface area contributed by atoms with Crippen LogP contribution in [0.2, 0.25) is 0 Å². The number of para-hydroxylation sites is 1. The van der Waals surface area contributed by atoms with Crippen LogP contribution < -0.4 is 4.74 Å². The first-order valence-electron chi connectivity index (χ1n) is 13.0. The smallest absolute Gasteiger partial charge is 0.130 e. The predicted molar refractivity (Wildman–Crippen MR) is 155 cm³/mol. The summed E-state index contributed by atoms with van der Waals surface area (Å²) in [6.45, 7) is 0. The van der Waals surface area contributed by atoms with Gasteiger partial charge < -0.3 is 4.74 Å². The van der Waals surface area contributed by atoms with Crippen molar-refractivity contribution >= 4 is 37.9 Å². The van der Waals surface area contributed by atoms with Crippen molar-refractivity contribution in [1.82, 2.24) is 0 Å². The van der Waals surface area contributed by atoms with Crippen LogP contribution in [0.25, 0.3) is 49.0 Å². The molecule has 174 valence electrons. The monoisotopic (exact) mass is 472 g/mol. The van der Waals surface area contributed by atoms with Crippen molar-refractivity contribution in [2.24, 2.45) is 0 Å². The number of ether oxygens (including phenoxy) is 1. The molecular weight excluding hydrogens is 448 g/mol. The summed E-state index contributed by atoms with van der Waals surface area (Å²) in [6, 6.07) is 41.8. The molecule has 1 aliphatic heterocycles. The highest BCUT2D eigenvalue weighted by Gasteiger charge is 2.32. The fraction of sp³-hybridized carbons (Fsp3) is 0.0556. The van der Waals surface area contributed by atoms with E-state index in [1.807, 2.05) is 0 Å². The maximum atomic E-state index is 6.20.